The molecule has 2 aliphatic heterocycles. The van der Waals surface area contributed by atoms with Crippen molar-refractivity contribution in [3.8, 4) is 6.07 Å². The average Bonchev–Trinajstić information content (AvgIpc) is 3.36. The molecular weight excluding hydrogens is 416 g/mol. The van der Waals surface area contributed by atoms with Gasteiger partial charge in [-0.25, -0.2) is 0 Å². The number of nitriles is 1. The van der Waals surface area contributed by atoms with Gasteiger partial charge in [0, 0.05) is 31.7 Å². The molecule has 0 unspecified atom stereocenters. The van der Waals surface area contributed by atoms with E-state index < -0.39 is 0 Å². The molecule has 1 aliphatic carbocycles. The van der Waals surface area contributed by atoms with Crippen molar-refractivity contribution in [1.29, 1.82) is 5.26 Å². The quantitative estimate of drug-likeness (QED) is 0.525. The number of rotatable bonds is 3. The van der Waals surface area contributed by atoms with E-state index in [0.29, 0.717) is 14.8 Å². The first-order valence-electron chi connectivity index (χ1n) is 10.6. The SMILES string of the molecule is Cc1c(/C=C2\SC(=S)N(C3CCCCC3)C2=O)c(N2CCCC2)n(C)c(=O)c1C#N. The van der Waals surface area contributed by atoms with Crippen molar-refractivity contribution >= 4 is 46.1 Å². The topological polar surface area (TPSA) is 69.3 Å². The van der Waals surface area contributed by atoms with Crippen molar-refractivity contribution < 1.29 is 4.79 Å². The van der Waals surface area contributed by atoms with Gasteiger partial charge >= 0.3 is 0 Å². The second-order valence-electron chi connectivity index (χ2n) is 8.25. The average molecular weight is 443 g/mol. The van der Waals surface area contributed by atoms with Gasteiger partial charge in [0.2, 0.25) is 0 Å². The third kappa shape index (κ3) is 3.58. The van der Waals surface area contributed by atoms with E-state index in [2.05, 4.69) is 11.0 Å². The smallest absolute Gasteiger partial charge is 0.270 e. The summed E-state index contributed by atoms with van der Waals surface area (Å²) in [5.41, 5.74) is 1.25. The number of amides is 1. The first-order chi connectivity index (χ1) is 14.4. The Labute approximate surface area is 186 Å². The summed E-state index contributed by atoms with van der Waals surface area (Å²) in [5, 5.41) is 9.57. The minimum absolute atomic E-state index is 0.0453. The molecule has 0 aromatic carbocycles. The van der Waals surface area contributed by atoms with Gasteiger partial charge in [-0.1, -0.05) is 43.2 Å². The van der Waals surface area contributed by atoms with Crippen molar-refractivity contribution in [2.45, 2.75) is 57.9 Å². The number of thioether (sulfide) groups is 1. The third-order valence-electron chi connectivity index (χ3n) is 6.41. The van der Waals surface area contributed by atoms with E-state index in [4.69, 9.17) is 12.2 Å². The van der Waals surface area contributed by atoms with Gasteiger partial charge in [0.1, 0.15) is 21.8 Å². The highest BCUT2D eigenvalue weighted by Gasteiger charge is 2.38. The number of hydrogen-bond donors (Lipinski definition) is 0. The van der Waals surface area contributed by atoms with Crippen LogP contribution in [-0.2, 0) is 11.8 Å². The van der Waals surface area contributed by atoms with Crippen LogP contribution in [0.2, 0.25) is 0 Å². The van der Waals surface area contributed by atoms with E-state index in [9.17, 15) is 14.9 Å². The van der Waals surface area contributed by atoms with Gasteiger partial charge < -0.3 is 4.90 Å². The largest absolute Gasteiger partial charge is 0.357 e. The summed E-state index contributed by atoms with van der Waals surface area (Å²) in [5.74, 6) is 0.743. The molecule has 0 bridgehead atoms. The molecule has 0 radical (unpaired) electrons. The van der Waals surface area contributed by atoms with Crippen LogP contribution in [0.25, 0.3) is 6.08 Å². The fraction of sp³-hybridized carbons (Fsp3) is 0.545. The van der Waals surface area contributed by atoms with Crippen LogP contribution in [0.5, 0.6) is 0 Å². The van der Waals surface area contributed by atoms with Crippen molar-refractivity contribution in [3.63, 3.8) is 0 Å². The zero-order valence-electron chi connectivity index (χ0n) is 17.4. The van der Waals surface area contributed by atoms with E-state index in [0.717, 1.165) is 63.0 Å². The number of hydrogen-bond acceptors (Lipinski definition) is 6. The summed E-state index contributed by atoms with van der Waals surface area (Å²) in [6.07, 6.45) is 9.45. The zero-order chi connectivity index (χ0) is 21.4. The van der Waals surface area contributed by atoms with Gasteiger partial charge in [0.05, 0.1) is 4.91 Å². The molecule has 1 aromatic rings. The monoisotopic (exact) mass is 442 g/mol. The molecule has 6 nitrogen and oxygen atoms in total. The Balaban J connectivity index is 1.80. The molecular formula is C22H26N4O2S2. The third-order valence-corrected chi connectivity index (χ3v) is 7.74. The number of thiocarbonyl (C=S) groups is 1. The lowest BCUT2D eigenvalue weighted by Crippen LogP contribution is -2.39. The molecule has 0 spiro atoms. The molecule has 8 heteroatoms. The lowest BCUT2D eigenvalue weighted by Gasteiger charge is -2.29. The molecule has 2 saturated heterocycles. The van der Waals surface area contributed by atoms with Gasteiger partial charge in [0.25, 0.3) is 11.5 Å². The van der Waals surface area contributed by atoms with Crippen LogP contribution in [-0.4, -0.2) is 38.8 Å². The van der Waals surface area contributed by atoms with Gasteiger partial charge in [-0.3, -0.25) is 19.1 Å². The van der Waals surface area contributed by atoms with Crippen molar-refractivity contribution in [3.05, 3.63) is 31.9 Å². The molecule has 4 rings (SSSR count). The Hall–Kier alpha value is -2.11. The van der Waals surface area contributed by atoms with Crippen molar-refractivity contribution in [2.24, 2.45) is 7.05 Å². The Morgan fingerprint density at radius 3 is 2.43 bits per heavy atom. The molecule has 0 N–H and O–H groups in total. The molecule has 3 fully saturated rings. The Bertz CT molecular complexity index is 1030. The van der Waals surface area contributed by atoms with Gasteiger partial charge in [0.15, 0.2) is 0 Å². The predicted molar refractivity (Wildman–Crippen MR) is 124 cm³/mol. The van der Waals surface area contributed by atoms with Crippen LogP contribution >= 0.6 is 24.0 Å². The number of anilines is 1. The van der Waals surface area contributed by atoms with Gasteiger partial charge in [-0.15, -0.1) is 0 Å². The summed E-state index contributed by atoms with van der Waals surface area (Å²) >= 11 is 6.90. The standard InChI is InChI=1S/C22H26N4O2S2/c1-14-16(19(25-10-6-7-11-25)24(2)20(27)17(14)13-23)12-18-21(28)26(22(29)30-18)15-8-4-3-5-9-15/h12,15H,3-11H2,1-2H3/b18-12-. The highest BCUT2D eigenvalue weighted by atomic mass is 32.2. The first kappa shape index (κ1) is 21.1. The first-order valence-corrected chi connectivity index (χ1v) is 11.8. The molecule has 0 atom stereocenters. The van der Waals surface area contributed by atoms with E-state index >= 15 is 0 Å². The van der Waals surface area contributed by atoms with Crippen LogP contribution in [0, 0.1) is 18.3 Å². The number of nitrogens with zero attached hydrogens (tertiary/aromatic N) is 4. The van der Waals surface area contributed by atoms with Gasteiger partial charge in [-0.05, 0) is 44.2 Å². The number of carbonyl (C=O) groups excluding carboxylic acids is 1. The molecule has 3 aliphatic rings. The van der Waals surface area contributed by atoms with E-state index in [-0.39, 0.29) is 23.1 Å². The second kappa shape index (κ2) is 8.56. The lowest BCUT2D eigenvalue weighted by molar-refractivity contribution is -0.124. The minimum Gasteiger partial charge on any atom is -0.357 e. The Morgan fingerprint density at radius 2 is 1.80 bits per heavy atom. The maximum Gasteiger partial charge on any atom is 0.270 e. The highest BCUT2D eigenvalue weighted by molar-refractivity contribution is 8.26. The number of aromatic nitrogens is 1. The maximum absolute atomic E-state index is 13.3. The van der Waals surface area contributed by atoms with E-state index in [1.165, 1.54) is 18.2 Å². The normalized spacial score (nSPS) is 21.7. The molecule has 1 saturated carbocycles. The second-order valence-corrected chi connectivity index (χ2v) is 9.93. The summed E-state index contributed by atoms with van der Waals surface area (Å²) < 4.78 is 2.17. The minimum atomic E-state index is -0.288. The van der Waals surface area contributed by atoms with Crippen molar-refractivity contribution in [1.82, 2.24) is 9.47 Å². The number of pyridine rings is 1. The fourth-order valence-electron chi connectivity index (χ4n) is 4.79. The van der Waals surface area contributed by atoms with Crippen LogP contribution in [0.3, 0.4) is 0 Å². The lowest BCUT2D eigenvalue weighted by atomic mass is 9.94. The highest BCUT2D eigenvalue weighted by Crippen LogP contribution is 2.39. The van der Waals surface area contributed by atoms with Crippen LogP contribution in [0.15, 0.2) is 9.70 Å². The van der Waals surface area contributed by atoms with E-state index in [1.54, 1.807) is 23.4 Å². The summed E-state index contributed by atoms with van der Waals surface area (Å²) in [4.78, 5) is 30.6. The molecule has 3 heterocycles. The number of carbonyl (C=O) groups is 1. The molecule has 158 valence electrons. The Morgan fingerprint density at radius 1 is 1.13 bits per heavy atom. The Kier molecular flexibility index (Phi) is 6.03. The van der Waals surface area contributed by atoms with Crippen LogP contribution in [0.4, 0.5) is 5.82 Å². The van der Waals surface area contributed by atoms with Gasteiger partial charge in [-0.2, -0.15) is 5.26 Å². The van der Waals surface area contributed by atoms with E-state index in [1.807, 2.05) is 6.08 Å². The fourth-order valence-corrected chi connectivity index (χ4v) is 6.17. The molecule has 1 amide bonds. The molecule has 30 heavy (non-hydrogen) atoms. The summed E-state index contributed by atoms with van der Waals surface area (Å²) in [6.45, 7) is 3.53. The van der Waals surface area contributed by atoms with Crippen molar-refractivity contribution in [2.75, 3.05) is 18.0 Å². The summed E-state index contributed by atoms with van der Waals surface area (Å²) in [6, 6.07) is 2.25. The predicted octanol–water partition coefficient (Wildman–Crippen LogP) is 3.70. The van der Waals surface area contributed by atoms with Crippen LogP contribution < -0.4 is 10.5 Å². The summed E-state index contributed by atoms with van der Waals surface area (Å²) in [7, 11) is 1.71. The zero-order valence-corrected chi connectivity index (χ0v) is 19.1. The van der Waals surface area contributed by atoms with Crippen LogP contribution in [0.1, 0.15) is 61.6 Å². The molecule has 1 aromatic heterocycles. The maximum atomic E-state index is 13.3.